The number of hydrogen-bond donors (Lipinski definition) is 1. The minimum absolute atomic E-state index is 0.177. The maximum Gasteiger partial charge on any atom is 0.387 e. The summed E-state index contributed by atoms with van der Waals surface area (Å²) in [5, 5.41) is 0. The highest BCUT2D eigenvalue weighted by atomic mass is 32.1. The molecule has 0 saturated heterocycles. The SMILES string of the molecule is FC(F)Oc1cccc(CS)c1. The molecule has 0 atom stereocenters. The summed E-state index contributed by atoms with van der Waals surface area (Å²) in [4.78, 5) is 0. The van der Waals surface area contributed by atoms with E-state index < -0.39 is 6.61 Å². The average Bonchev–Trinajstić information content (AvgIpc) is 2.03. The Morgan fingerprint density at radius 3 is 2.75 bits per heavy atom. The Labute approximate surface area is 74.8 Å². The topological polar surface area (TPSA) is 9.23 Å². The van der Waals surface area contributed by atoms with Gasteiger partial charge >= 0.3 is 6.61 Å². The van der Waals surface area contributed by atoms with E-state index in [1.165, 1.54) is 6.07 Å². The third-order valence-corrected chi connectivity index (χ3v) is 1.67. The van der Waals surface area contributed by atoms with Crippen molar-refractivity contribution in [1.29, 1.82) is 0 Å². The van der Waals surface area contributed by atoms with Crippen LogP contribution in [0, 0.1) is 0 Å². The molecule has 1 aromatic carbocycles. The summed E-state index contributed by atoms with van der Waals surface area (Å²) in [5.41, 5.74) is 0.858. The molecule has 0 bridgehead atoms. The minimum atomic E-state index is -2.76. The number of ether oxygens (including phenoxy) is 1. The van der Waals surface area contributed by atoms with Crippen molar-refractivity contribution < 1.29 is 13.5 Å². The van der Waals surface area contributed by atoms with Crippen LogP contribution in [0.15, 0.2) is 24.3 Å². The highest BCUT2D eigenvalue weighted by Crippen LogP contribution is 2.16. The first-order chi connectivity index (χ1) is 5.72. The van der Waals surface area contributed by atoms with Gasteiger partial charge in [-0.05, 0) is 17.7 Å². The molecule has 0 saturated carbocycles. The number of rotatable bonds is 3. The van der Waals surface area contributed by atoms with Gasteiger partial charge in [0.1, 0.15) is 5.75 Å². The molecule has 0 aromatic heterocycles. The van der Waals surface area contributed by atoms with E-state index in [9.17, 15) is 8.78 Å². The number of benzene rings is 1. The first-order valence-corrected chi connectivity index (χ1v) is 4.00. The van der Waals surface area contributed by atoms with E-state index in [1.807, 2.05) is 0 Å². The molecular formula is C8H8F2OS. The molecule has 0 aliphatic rings. The fraction of sp³-hybridized carbons (Fsp3) is 0.250. The zero-order valence-corrected chi connectivity index (χ0v) is 7.10. The predicted molar refractivity (Wildman–Crippen MR) is 45.8 cm³/mol. The van der Waals surface area contributed by atoms with Crippen molar-refractivity contribution in [1.82, 2.24) is 0 Å². The van der Waals surface area contributed by atoms with Crippen molar-refractivity contribution in [3.05, 3.63) is 29.8 Å². The highest BCUT2D eigenvalue weighted by molar-refractivity contribution is 7.79. The van der Waals surface area contributed by atoms with Gasteiger partial charge < -0.3 is 4.74 Å². The quantitative estimate of drug-likeness (QED) is 0.721. The molecule has 4 heteroatoms. The molecule has 0 amide bonds. The van der Waals surface area contributed by atoms with E-state index in [1.54, 1.807) is 18.2 Å². The fourth-order valence-electron chi connectivity index (χ4n) is 0.820. The second kappa shape index (κ2) is 4.30. The monoisotopic (exact) mass is 190 g/mol. The number of hydrogen-bond acceptors (Lipinski definition) is 2. The molecule has 1 aromatic rings. The Balaban J connectivity index is 2.72. The predicted octanol–water partition coefficient (Wildman–Crippen LogP) is 2.72. The Hall–Kier alpha value is -0.770. The van der Waals surface area contributed by atoms with Crippen LogP contribution in [0.5, 0.6) is 5.75 Å². The van der Waals surface area contributed by atoms with Crippen LogP contribution in [0.1, 0.15) is 5.56 Å². The molecule has 12 heavy (non-hydrogen) atoms. The van der Waals surface area contributed by atoms with Crippen LogP contribution in [-0.4, -0.2) is 6.61 Å². The first kappa shape index (κ1) is 9.32. The van der Waals surface area contributed by atoms with Gasteiger partial charge in [0.15, 0.2) is 0 Å². The second-order valence-corrected chi connectivity index (χ2v) is 2.50. The first-order valence-electron chi connectivity index (χ1n) is 3.37. The van der Waals surface area contributed by atoms with Gasteiger partial charge in [0.25, 0.3) is 0 Å². The Morgan fingerprint density at radius 1 is 1.42 bits per heavy atom. The zero-order chi connectivity index (χ0) is 8.97. The van der Waals surface area contributed by atoms with Crippen molar-refractivity contribution in [2.75, 3.05) is 0 Å². The van der Waals surface area contributed by atoms with Crippen LogP contribution in [0.25, 0.3) is 0 Å². The maximum absolute atomic E-state index is 11.7. The summed E-state index contributed by atoms with van der Waals surface area (Å²) in [5.74, 6) is 0.692. The van der Waals surface area contributed by atoms with Gasteiger partial charge in [0, 0.05) is 5.75 Å². The standard InChI is InChI=1S/C8H8F2OS/c9-8(10)11-7-3-1-2-6(4-7)5-12/h1-4,8,12H,5H2. The molecule has 0 aliphatic heterocycles. The van der Waals surface area contributed by atoms with Crippen LogP contribution in [0.3, 0.4) is 0 Å². The molecule has 1 rings (SSSR count). The largest absolute Gasteiger partial charge is 0.435 e. The summed E-state index contributed by atoms with van der Waals surface area (Å²) < 4.78 is 27.6. The van der Waals surface area contributed by atoms with Crippen LogP contribution in [0.4, 0.5) is 8.78 Å². The van der Waals surface area contributed by atoms with Gasteiger partial charge in [-0.25, -0.2) is 0 Å². The van der Waals surface area contributed by atoms with Gasteiger partial charge in [-0.3, -0.25) is 0 Å². The van der Waals surface area contributed by atoms with E-state index in [-0.39, 0.29) is 5.75 Å². The molecular weight excluding hydrogens is 182 g/mol. The van der Waals surface area contributed by atoms with E-state index in [4.69, 9.17) is 0 Å². The number of thiol groups is 1. The maximum atomic E-state index is 11.7. The molecule has 0 spiro atoms. The third-order valence-electron chi connectivity index (χ3n) is 1.31. The Kier molecular flexibility index (Phi) is 3.34. The minimum Gasteiger partial charge on any atom is -0.435 e. The van der Waals surface area contributed by atoms with Crippen molar-refractivity contribution >= 4 is 12.6 Å². The lowest BCUT2D eigenvalue weighted by Gasteiger charge is -2.04. The molecule has 0 aliphatic carbocycles. The third kappa shape index (κ3) is 2.70. The van der Waals surface area contributed by atoms with Gasteiger partial charge in [-0.15, -0.1) is 0 Å². The van der Waals surface area contributed by atoms with Crippen LogP contribution in [0.2, 0.25) is 0 Å². The lowest BCUT2D eigenvalue weighted by molar-refractivity contribution is -0.0498. The Bertz CT molecular complexity index is 253. The van der Waals surface area contributed by atoms with Crippen LogP contribution in [-0.2, 0) is 5.75 Å². The van der Waals surface area contributed by atoms with Crippen molar-refractivity contribution in [2.45, 2.75) is 12.4 Å². The van der Waals surface area contributed by atoms with Gasteiger partial charge in [0.05, 0.1) is 0 Å². The van der Waals surface area contributed by atoms with Crippen molar-refractivity contribution in [3.8, 4) is 5.75 Å². The molecule has 66 valence electrons. The smallest absolute Gasteiger partial charge is 0.387 e. The lowest BCUT2D eigenvalue weighted by Crippen LogP contribution is -2.01. The van der Waals surface area contributed by atoms with Crippen molar-refractivity contribution in [2.24, 2.45) is 0 Å². The highest BCUT2D eigenvalue weighted by Gasteiger charge is 2.03. The summed E-state index contributed by atoms with van der Waals surface area (Å²) in [7, 11) is 0. The normalized spacial score (nSPS) is 10.3. The molecule has 0 fully saturated rings. The molecule has 0 unspecified atom stereocenters. The number of halogens is 2. The van der Waals surface area contributed by atoms with Crippen LogP contribution >= 0.6 is 12.6 Å². The zero-order valence-electron chi connectivity index (χ0n) is 6.21. The Morgan fingerprint density at radius 2 is 2.17 bits per heavy atom. The van der Waals surface area contributed by atoms with Crippen LogP contribution < -0.4 is 4.74 Å². The fourth-order valence-corrected chi connectivity index (χ4v) is 1.02. The van der Waals surface area contributed by atoms with Gasteiger partial charge in [-0.1, -0.05) is 12.1 Å². The summed E-state index contributed by atoms with van der Waals surface area (Å²) in [6, 6.07) is 6.48. The second-order valence-electron chi connectivity index (χ2n) is 2.18. The van der Waals surface area contributed by atoms with Gasteiger partial charge in [0.2, 0.25) is 0 Å². The summed E-state index contributed by atoms with van der Waals surface area (Å²) >= 11 is 4.00. The van der Waals surface area contributed by atoms with E-state index in [0.717, 1.165) is 5.56 Å². The van der Waals surface area contributed by atoms with E-state index >= 15 is 0 Å². The lowest BCUT2D eigenvalue weighted by atomic mass is 10.2. The van der Waals surface area contributed by atoms with E-state index in [2.05, 4.69) is 17.4 Å². The number of alkyl halides is 2. The molecule has 0 radical (unpaired) electrons. The molecule has 1 nitrogen and oxygen atoms in total. The van der Waals surface area contributed by atoms with Crippen molar-refractivity contribution in [3.63, 3.8) is 0 Å². The summed E-state index contributed by atoms with van der Waals surface area (Å²) in [6.45, 7) is -2.76. The summed E-state index contributed by atoms with van der Waals surface area (Å²) in [6.07, 6.45) is 0. The van der Waals surface area contributed by atoms with E-state index in [0.29, 0.717) is 5.75 Å². The average molecular weight is 190 g/mol. The van der Waals surface area contributed by atoms with Gasteiger partial charge in [-0.2, -0.15) is 21.4 Å². The molecule has 0 heterocycles. The molecule has 0 N–H and O–H groups in total.